The number of para-hydroxylation sites is 2. The third kappa shape index (κ3) is 3.66. The van der Waals surface area contributed by atoms with Crippen LogP contribution in [0.4, 0.5) is 4.79 Å². The number of likely N-dealkylation sites (tertiary alicyclic amines) is 1. The van der Waals surface area contributed by atoms with Crippen molar-refractivity contribution >= 4 is 22.9 Å². The lowest BCUT2D eigenvalue weighted by Gasteiger charge is -2.46. The third-order valence-corrected chi connectivity index (χ3v) is 6.42. The van der Waals surface area contributed by atoms with Crippen molar-refractivity contribution in [2.45, 2.75) is 37.8 Å². The molecule has 0 radical (unpaired) electrons. The van der Waals surface area contributed by atoms with Gasteiger partial charge in [0.25, 0.3) is 5.91 Å². The van der Waals surface area contributed by atoms with Crippen LogP contribution in [0.2, 0.25) is 0 Å². The lowest BCUT2D eigenvalue weighted by molar-refractivity contribution is -0.0233. The smallest absolute Gasteiger partial charge is 0.409 e. The van der Waals surface area contributed by atoms with E-state index in [1.165, 1.54) is 0 Å². The molecule has 1 atom stereocenters. The normalized spacial score (nSPS) is 19.3. The molecule has 166 valence electrons. The maximum Gasteiger partial charge on any atom is 0.409 e. The Hall–Kier alpha value is -3.55. The second-order valence-corrected chi connectivity index (χ2v) is 8.38. The molecular formula is C24H26N4O4. The Morgan fingerprint density at radius 1 is 1.22 bits per heavy atom. The fraction of sp³-hybridized carbons (Fsp3) is 0.375. The molecule has 3 aromatic rings. The van der Waals surface area contributed by atoms with Crippen LogP contribution >= 0.6 is 0 Å². The number of amides is 2. The predicted octanol–water partition coefficient (Wildman–Crippen LogP) is 3.81. The Labute approximate surface area is 185 Å². The molecule has 1 saturated heterocycles. The third-order valence-electron chi connectivity index (χ3n) is 6.42. The molecular weight excluding hydrogens is 408 g/mol. The molecule has 8 nitrogen and oxygen atoms in total. The first-order valence-corrected chi connectivity index (χ1v) is 11.0. The number of aromatic nitrogens is 2. The number of piperidine rings is 1. The van der Waals surface area contributed by atoms with Crippen molar-refractivity contribution in [2.24, 2.45) is 0 Å². The molecule has 2 aliphatic heterocycles. The van der Waals surface area contributed by atoms with Crippen LogP contribution < -0.4 is 10.1 Å². The van der Waals surface area contributed by atoms with Crippen molar-refractivity contribution in [2.75, 3.05) is 19.7 Å². The number of nitrogens with zero attached hydrogens (tertiary/aromatic N) is 2. The fourth-order valence-electron chi connectivity index (χ4n) is 4.76. The molecule has 5 rings (SSSR count). The van der Waals surface area contributed by atoms with Crippen LogP contribution in [0.25, 0.3) is 10.9 Å². The van der Waals surface area contributed by atoms with Crippen LogP contribution in [0.15, 0.2) is 48.7 Å². The Morgan fingerprint density at radius 3 is 2.84 bits per heavy atom. The monoisotopic (exact) mass is 434 g/mol. The summed E-state index contributed by atoms with van der Waals surface area (Å²) in [5.41, 5.74) is 1.82. The second-order valence-electron chi connectivity index (χ2n) is 8.38. The summed E-state index contributed by atoms with van der Waals surface area (Å²) in [4.78, 5) is 27.1. The topological polar surface area (TPSA) is 96.5 Å². The highest BCUT2D eigenvalue weighted by molar-refractivity contribution is 6.05. The van der Waals surface area contributed by atoms with Gasteiger partial charge in [-0.15, -0.1) is 0 Å². The summed E-state index contributed by atoms with van der Waals surface area (Å²) in [6.07, 6.45) is 3.44. The first kappa shape index (κ1) is 20.4. The molecule has 1 fully saturated rings. The highest BCUT2D eigenvalue weighted by Crippen LogP contribution is 2.44. The maximum atomic E-state index is 13.3. The average molecular weight is 434 g/mol. The number of benzene rings is 2. The SMILES string of the molecule is CCOC(=O)N1CCC2(CC1)C[C@H](NC(=O)c1cccc3cn[nH]c13)c1ccccc1O2. The van der Waals surface area contributed by atoms with Crippen LogP contribution in [0.5, 0.6) is 5.75 Å². The van der Waals surface area contributed by atoms with E-state index in [4.69, 9.17) is 9.47 Å². The van der Waals surface area contributed by atoms with E-state index in [1.54, 1.807) is 17.2 Å². The number of carbonyl (C=O) groups excluding carboxylic acids is 2. The lowest BCUT2D eigenvalue weighted by atomic mass is 9.80. The van der Waals surface area contributed by atoms with E-state index < -0.39 is 5.60 Å². The zero-order valence-corrected chi connectivity index (χ0v) is 18.0. The highest BCUT2D eigenvalue weighted by Gasteiger charge is 2.44. The number of carbonyl (C=O) groups is 2. The number of aromatic amines is 1. The van der Waals surface area contributed by atoms with Gasteiger partial charge in [0.15, 0.2) is 0 Å². The van der Waals surface area contributed by atoms with Gasteiger partial charge in [-0.2, -0.15) is 5.10 Å². The van der Waals surface area contributed by atoms with Gasteiger partial charge < -0.3 is 19.7 Å². The van der Waals surface area contributed by atoms with Gasteiger partial charge >= 0.3 is 6.09 Å². The van der Waals surface area contributed by atoms with E-state index in [9.17, 15) is 9.59 Å². The van der Waals surface area contributed by atoms with Crippen LogP contribution in [0, 0.1) is 0 Å². The summed E-state index contributed by atoms with van der Waals surface area (Å²) in [5.74, 6) is 0.633. The molecule has 3 heterocycles. The Kier molecular flexibility index (Phi) is 5.20. The van der Waals surface area contributed by atoms with Crippen molar-refractivity contribution < 1.29 is 19.1 Å². The van der Waals surface area contributed by atoms with E-state index in [-0.39, 0.29) is 18.0 Å². The van der Waals surface area contributed by atoms with Crippen molar-refractivity contribution in [1.29, 1.82) is 0 Å². The molecule has 1 aromatic heterocycles. The molecule has 2 N–H and O–H groups in total. The van der Waals surface area contributed by atoms with E-state index in [0.717, 1.165) is 22.2 Å². The standard InChI is InChI=1S/C24H26N4O4/c1-2-31-23(30)28-12-10-24(11-13-28)14-19(17-7-3-4-9-20(17)32-24)26-22(29)18-8-5-6-16-15-25-27-21(16)18/h3-9,15,19H,2,10-14H2,1H3,(H,25,27)(H,26,29)/t19-/m0/s1. The number of ether oxygens (including phenoxy) is 2. The second kappa shape index (κ2) is 8.18. The zero-order chi connectivity index (χ0) is 22.1. The van der Waals surface area contributed by atoms with E-state index in [2.05, 4.69) is 15.5 Å². The van der Waals surface area contributed by atoms with Crippen molar-refractivity contribution in [1.82, 2.24) is 20.4 Å². The Balaban J connectivity index is 1.38. The minimum Gasteiger partial charge on any atom is -0.487 e. The van der Waals surface area contributed by atoms with Gasteiger partial charge in [0.05, 0.1) is 29.9 Å². The number of hydrogen-bond donors (Lipinski definition) is 2. The molecule has 1 spiro atoms. The minimum atomic E-state index is -0.435. The fourth-order valence-corrected chi connectivity index (χ4v) is 4.76. The molecule has 0 aliphatic carbocycles. The molecule has 0 saturated carbocycles. The number of rotatable bonds is 3. The van der Waals surface area contributed by atoms with Crippen LogP contribution in [-0.2, 0) is 4.74 Å². The van der Waals surface area contributed by atoms with Gasteiger partial charge in [-0.25, -0.2) is 4.79 Å². The van der Waals surface area contributed by atoms with E-state index in [1.807, 2.05) is 43.3 Å². The first-order chi connectivity index (χ1) is 15.6. The van der Waals surface area contributed by atoms with Crippen molar-refractivity contribution in [3.8, 4) is 5.75 Å². The summed E-state index contributed by atoms with van der Waals surface area (Å²) in [7, 11) is 0. The van der Waals surface area contributed by atoms with Gasteiger partial charge in [-0.3, -0.25) is 9.89 Å². The lowest BCUT2D eigenvalue weighted by Crippen LogP contribution is -2.53. The molecule has 0 bridgehead atoms. The predicted molar refractivity (Wildman–Crippen MR) is 119 cm³/mol. The van der Waals surface area contributed by atoms with E-state index >= 15 is 0 Å². The van der Waals surface area contributed by atoms with Gasteiger partial charge in [-0.1, -0.05) is 30.3 Å². The van der Waals surface area contributed by atoms with Gasteiger partial charge in [-0.05, 0) is 19.1 Å². The summed E-state index contributed by atoms with van der Waals surface area (Å²) >= 11 is 0. The van der Waals surface area contributed by atoms with Crippen LogP contribution in [0.1, 0.15) is 48.1 Å². The number of fused-ring (bicyclic) bond motifs is 2. The quantitative estimate of drug-likeness (QED) is 0.654. The number of H-pyrrole nitrogens is 1. The van der Waals surface area contributed by atoms with Gasteiger partial charge in [0.1, 0.15) is 11.4 Å². The van der Waals surface area contributed by atoms with Gasteiger partial charge in [0, 0.05) is 43.3 Å². The van der Waals surface area contributed by atoms with Gasteiger partial charge in [0.2, 0.25) is 0 Å². The number of nitrogens with one attached hydrogen (secondary N) is 2. The molecule has 32 heavy (non-hydrogen) atoms. The highest BCUT2D eigenvalue weighted by atomic mass is 16.6. The number of hydrogen-bond acceptors (Lipinski definition) is 5. The zero-order valence-electron chi connectivity index (χ0n) is 18.0. The minimum absolute atomic E-state index is 0.152. The summed E-state index contributed by atoms with van der Waals surface area (Å²) < 4.78 is 11.6. The first-order valence-electron chi connectivity index (χ1n) is 11.0. The van der Waals surface area contributed by atoms with Crippen LogP contribution in [-0.4, -0.2) is 52.4 Å². The summed E-state index contributed by atoms with van der Waals surface area (Å²) in [5, 5.41) is 11.1. The molecule has 2 aliphatic rings. The van der Waals surface area contributed by atoms with Crippen molar-refractivity contribution in [3.63, 3.8) is 0 Å². The summed E-state index contributed by atoms with van der Waals surface area (Å²) in [6, 6.07) is 13.2. The maximum absolute atomic E-state index is 13.3. The molecule has 2 amide bonds. The largest absolute Gasteiger partial charge is 0.487 e. The molecule has 2 aromatic carbocycles. The van der Waals surface area contributed by atoms with E-state index in [0.29, 0.717) is 44.5 Å². The average Bonchev–Trinajstić information content (AvgIpc) is 3.28. The van der Waals surface area contributed by atoms with Crippen LogP contribution in [0.3, 0.4) is 0 Å². The van der Waals surface area contributed by atoms with Crippen molar-refractivity contribution in [3.05, 3.63) is 59.8 Å². The Morgan fingerprint density at radius 2 is 2.03 bits per heavy atom. The molecule has 8 heteroatoms. The Bertz CT molecular complexity index is 1150. The summed E-state index contributed by atoms with van der Waals surface area (Å²) in [6.45, 7) is 3.30. The molecule has 0 unspecified atom stereocenters.